The summed E-state index contributed by atoms with van der Waals surface area (Å²) in [5, 5.41) is 37.0. The highest BCUT2D eigenvalue weighted by Gasteiger charge is 2.44. The van der Waals surface area contributed by atoms with E-state index >= 15 is 0 Å². The van der Waals surface area contributed by atoms with Crippen LogP contribution in [0.25, 0.3) is 10.9 Å². The summed E-state index contributed by atoms with van der Waals surface area (Å²) >= 11 is 6.86. The third-order valence-corrected chi connectivity index (χ3v) is 8.99. The molecule has 2 heterocycles. The topological polar surface area (TPSA) is 115 Å². The van der Waals surface area contributed by atoms with Gasteiger partial charge in [0.1, 0.15) is 25.4 Å². The highest BCUT2D eigenvalue weighted by Crippen LogP contribution is 2.49. The second-order valence-electron chi connectivity index (χ2n) is 11.8. The molecular weight excluding hydrogens is 574 g/mol. The van der Waals surface area contributed by atoms with Crippen LogP contribution in [0.1, 0.15) is 53.7 Å². The number of nitrogens with one attached hydrogen (secondary N) is 2. The van der Waals surface area contributed by atoms with E-state index in [1.54, 1.807) is 18.2 Å². The molecule has 2 aliphatic rings. The number of nitrogens with zero attached hydrogens (tertiary/aromatic N) is 6. The molecule has 2 N–H and O–H groups in total. The number of halogens is 2. The minimum Gasteiger partial charge on any atom is -0.378 e. The van der Waals surface area contributed by atoms with Gasteiger partial charge in [0.25, 0.3) is 0 Å². The second kappa shape index (κ2) is 11.0. The second-order valence-corrected chi connectivity index (χ2v) is 12.2. The van der Waals surface area contributed by atoms with Crippen LogP contribution in [0.2, 0.25) is 5.02 Å². The fourth-order valence-electron chi connectivity index (χ4n) is 5.94. The van der Waals surface area contributed by atoms with E-state index in [2.05, 4.69) is 38.1 Å². The SMILES string of the molecule is BC(Nc1cc(Cl)c2ncc(C#N)c(N[C@@H](c3ccccc3)[C@@H]3CC3C#N)c2c1)(c1ccc(F)cc1)c1cn(C2CC2)nn1. The fraction of sp³-hybridized carbons (Fsp3) is 0.242. The maximum atomic E-state index is 14.0. The van der Waals surface area contributed by atoms with E-state index in [4.69, 9.17) is 11.6 Å². The Hall–Kier alpha value is -4.93. The van der Waals surface area contributed by atoms with Crippen molar-refractivity contribution in [1.29, 1.82) is 10.5 Å². The Labute approximate surface area is 259 Å². The van der Waals surface area contributed by atoms with Crippen LogP contribution in [0, 0.1) is 40.3 Å². The molecule has 0 spiro atoms. The summed E-state index contributed by atoms with van der Waals surface area (Å²) in [6.45, 7) is 0. The van der Waals surface area contributed by atoms with Crippen molar-refractivity contribution in [2.75, 3.05) is 10.6 Å². The summed E-state index contributed by atoms with van der Waals surface area (Å²) in [7, 11) is 1.98. The lowest BCUT2D eigenvalue weighted by molar-refractivity contribution is 0.610. The predicted molar refractivity (Wildman–Crippen MR) is 169 cm³/mol. The van der Waals surface area contributed by atoms with Crippen molar-refractivity contribution in [3.63, 3.8) is 0 Å². The van der Waals surface area contributed by atoms with E-state index in [0.717, 1.165) is 30.4 Å². The molecule has 5 aromatic rings. The first-order chi connectivity index (χ1) is 21.4. The van der Waals surface area contributed by atoms with Crippen LogP contribution in [-0.2, 0) is 5.44 Å². The number of hydrogen-bond donors (Lipinski definition) is 2. The maximum Gasteiger partial charge on any atom is 0.148 e. The van der Waals surface area contributed by atoms with Crippen molar-refractivity contribution in [2.24, 2.45) is 11.8 Å². The van der Waals surface area contributed by atoms with Gasteiger partial charge in [-0.2, -0.15) is 10.5 Å². The van der Waals surface area contributed by atoms with Crippen molar-refractivity contribution in [1.82, 2.24) is 20.0 Å². The number of benzene rings is 3. The molecule has 216 valence electrons. The number of fused-ring (bicyclic) bond motifs is 1. The van der Waals surface area contributed by atoms with Gasteiger partial charge >= 0.3 is 0 Å². The fourth-order valence-corrected chi connectivity index (χ4v) is 6.20. The lowest BCUT2D eigenvalue weighted by Crippen LogP contribution is -2.37. The predicted octanol–water partition coefficient (Wildman–Crippen LogP) is 6.08. The zero-order valence-electron chi connectivity index (χ0n) is 23.9. The van der Waals surface area contributed by atoms with E-state index in [0.29, 0.717) is 44.6 Å². The maximum absolute atomic E-state index is 14.0. The van der Waals surface area contributed by atoms with Gasteiger partial charge in [-0.05, 0) is 54.7 Å². The standard InChI is InChI=1S/C33H27BClFN8/c34-33(22-6-8-23(36)9-7-22,29-18-44(43-42-29)25-10-11-25)41-24-13-27-31(21(16-38)17-39-32(27)28(35)14-24)40-30(26-12-20(26)15-37)19-4-2-1-3-5-19/h1-9,13-14,17-18,20,25-26,30,41H,10-12,34H2,(H,39,40)/t20?,26-,30+,33?/m1/s1. The van der Waals surface area contributed by atoms with Crippen LogP contribution in [0.4, 0.5) is 15.8 Å². The Morgan fingerprint density at radius 2 is 1.86 bits per heavy atom. The largest absolute Gasteiger partial charge is 0.378 e. The number of anilines is 2. The third-order valence-electron chi connectivity index (χ3n) is 8.70. The lowest BCUT2D eigenvalue weighted by Gasteiger charge is -2.31. The van der Waals surface area contributed by atoms with Gasteiger partial charge in [0, 0.05) is 23.2 Å². The van der Waals surface area contributed by atoms with Crippen molar-refractivity contribution >= 4 is 41.7 Å². The average molecular weight is 601 g/mol. The molecule has 0 aliphatic heterocycles. The summed E-state index contributed by atoms with van der Waals surface area (Å²) in [5.41, 5.74) is 3.78. The zero-order valence-corrected chi connectivity index (χ0v) is 24.6. The van der Waals surface area contributed by atoms with E-state index in [1.165, 1.54) is 18.3 Å². The summed E-state index contributed by atoms with van der Waals surface area (Å²) in [6.07, 6.45) is 6.37. The Morgan fingerprint density at radius 3 is 2.55 bits per heavy atom. The Balaban J connectivity index is 1.33. The summed E-state index contributed by atoms with van der Waals surface area (Å²) in [5.74, 6) is -0.294. The molecule has 2 unspecified atom stereocenters. The van der Waals surface area contributed by atoms with Gasteiger partial charge < -0.3 is 10.6 Å². The Morgan fingerprint density at radius 1 is 1.09 bits per heavy atom. The molecule has 2 aromatic heterocycles. The minimum atomic E-state index is -0.897. The molecule has 4 atom stereocenters. The first-order valence-electron chi connectivity index (χ1n) is 14.6. The van der Waals surface area contributed by atoms with Crippen LogP contribution in [-0.4, -0.2) is 27.8 Å². The first kappa shape index (κ1) is 27.9. The van der Waals surface area contributed by atoms with Gasteiger partial charge in [-0.3, -0.25) is 4.98 Å². The van der Waals surface area contributed by atoms with Crippen LogP contribution >= 0.6 is 11.6 Å². The zero-order chi connectivity index (χ0) is 30.4. The van der Waals surface area contributed by atoms with Gasteiger partial charge in [-0.1, -0.05) is 59.3 Å². The summed E-state index contributed by atoms with van der Waals surface area (Å²) in [4.78, 5) is 4.54. The highest BCUT2D eigenvalue weighted by molar-refractivity contribution is 6.36. The van der Waals surface area contributed by atoms with E-state index in [1.807, 2.05) is 55.1 Å². The van der Waals surface area contributed by atoms with Crippen molar-refractivity contribution in [3.8, 4) is 12.1 Å². The quantitative estimate of drug-likeness (QED) is 0.197. The molecule has 0 saturated heterocycles. The van der Waals surface area contributed by atoms with Crippen LogP contribution < -0.4 is 10.6 Å². The molecule has 2 saturated carbocycles. The first-order valence-corrected chi connectivity index (χ1v) is 15.0. The summed E-state index contributed by atoms with van der Waals surface area (Å²) < 4.78 is 15.9. The molecule has 7 rings (SSSR count). The van der Waals surface area contributed by atoms with Crippen LogP contribution in [0.3, 0.4) is 0 Å². The molecule has 3 aromatic carbocycles. The number of aromatic nitrogens is 4. The molecule has 2 aliphatic carbocycles. The van der Waals surface area contributed by atoms with E-state index in [-0.39, 0.29) is 23.7 Å². The van der Waals surface area contributed by atoms with Gasteiger partial charge in [-0.15, -0.1) is 5.10 Å². The smallest absolute Gasteiger partial charge is 0.148 e. The monoisotopic (exact) mass is 600 g/mol. The Bertz CT molecular complexity index is 1950. The molecule has 0 radical (unpaired) electrons. The summed E-state index contributed by atoms with van der Waals surface area (Å²) in [6, 6.07) is 24.8. The molecule has 0 bridgehead atoms. The molecule has 8 nitrogen and oxygen atoms in total. The molecular formula is C33H27BClFN8. The number of pyridine rings is 1. The minimum absolute atomic E-state index is 0.0624. The van der Waals surface area contributed by atoms with Crippen molar-refractivity contribution in [3.05, 3.63) is 112 Å². The lowest BCUT2D eigenvalue weighted by atomic mass is 9.69. The highest BCUT2D eigenvalue weighted by atomic mass is 35.5. The van der Waals surface area contributed by atoms with Crippen LogP contribution in [0.15, 0.2) is 79.1 Å². The van der Waals surface area contributed by atoms with E-state index < -0.39 is 5.44 Å². The van der Waals surface area contributed by atoms with Gasteiger partial charge in [-0.25, -0.2) is 9.07 Å². The number of hydrogen-bond acceptors (Lipinski definition) is 7. The average Bonchev–Trinajstić information content (AvgIpc) is 3.98. The molecule has 11 heteroatoms. The normalized spacial score (nSPS) is 19.4. The van der Waals surface area contributed by atoms with Gasteiger partial charge in [0.05, 0.1) is 57.5 Å². The number of rotatable bonds is 9. The number of nitriles is 2. The Kier molecular flexibility index (Phi) is 6.95. The van der Waals surface area contributed by atoms with Gasteiger partial charge in [0.2, 0.25) is 0 Å². The third kappa shape index (κ3) is 5.12. The van der Waals surface area contributed by atoms with Crippen LogP contribution in [0.5, 0.6) is 0 Å². The van der Waals surface area contributed by atoms with Crippen molar-refractivity contribution < 1.29 is 4.39 Å². The molecule has 44 heavy (non-hydrogen) atoms. The molecule has 2 fully saturated rings. The molecule has 0 amide bonds. The van der Waals surface area contributed by atoms with Crippen molar-refractivity contribution in [2.45, 2.75) is 36.8 Å². The van der Waals surface area contributed by atoms with Gasteiger partial charge in [0.15, 0.2) is 0 Å². The van der Waals surface area contributed by atoms with E-state index in [9.17, 15) is 14.9 Å².